The second-order valence-electron chi connectivity index (χ2n) is 3.65. The molecular formula is C10H7ClIN3O4S. The third kappa shape index (κ3) is 3.04. The third-order valence-corrected chi connectivity index (χ3v) is 4.74. The topological polar surface area (TPSA) is 112 Å². The number of anilines is 1. The third-order valence-electron chi connectivity index (χ3n) is 2.28. The summed E-state index contributed by atoms with van der Waals surface area (Å²) in [4.78, 5) is 10.9. The summed E-state index contributed by atoms with van der Waals surface area (Å²) in [5.74, 6) is -1.38. The molecule has 10 heteroatoms. The molecular weight excluding hydrogens is 421 g/mol. The van der Waals surface area contributed by atoms with E-state index in [1.54, 1.807) is 6.07 Å². The van der Waals surface area contributed by atoms with Gasteiger partial charge in [0.05, 0.1) is 11.9 Å². The Balaban J connectivity index is 2.41. The zero-order valence-electron chi connectivity index (χ0n) is 9.59. The minimum absolute atomic E-state index is 0.293. The molecule has 106 valence electrons. The molecule has 20 heavy (non-hydrogen) atoms. The normalized spacial score (nSPS) is 11.3. The van der Waals surface area contributed by atoms with Crippen LogP contribution in [0.15, 0.2) is 29.4 Å². The van der Waals surface area contributed by atoms with Crippen LogP contribution >= 0.6 is 34.2 Å². The first-order valence-corrected chi connectivity index (χ1v) is 8.00. The molecule has 1 aromatic heterocycles. The lowest BCUT2D eigenvalue weighted by molar-refractivity contribution is 0.0692. The molecule has 1 aromatic carbocycles. The van der Waals surface area contributed by atoms with Crippen molar-refractivity contribution >= 4 is 55.9 Å². The first-order chi connectivity index (χ1) is 9.31. The predicted molar refractivity (Wildman–Crippen MR) is 80.5 cm³/mol. The number of hydrogen-bond acceptors (Lipinski definition) is 4. The molecule has 0 saturated carbocycles. The van der Waals surface area contributed by atoms with Gasteiger partial charge in [0, 0.05) is 8.59 Å². The van der Waals surface area contributed by atoms with Gasteiger partial charge >= 0.3 is 5.97 Å². The summed E-state index contributed by atoms with van der Waals surface area (Å²) in [6.45, 7) is 0. The van der Waals surface area contributed by atoms with Gasteiger partial charge in [-0.15, -0.1) is 0 Å². The summed E-state index contributed by atoms with van der Waals surface area (Å²) in [5.41, 5.74) is -0.137. The second kappa shape index (κ2) is 5.58. The number of benzene rings is 1. The van der Waals surface area contributed by atoms with Gasteiger partial charge in [-0.3, -0.25) is 9.82 Å². The van der Waals surface area contributed by atoms with Crippen LogP contribution in [0.1, 0.15) is 10.4 Å². The van der Waals surface area contributed by atoms with Gasteiger partial charge in [-0.2, -0.15) is 13.5 Å². The van der Waals surface area contributed by atoms with E-state index < -0.39 is 26.6 Å². The molecule has 2 aromatic rings. The van der Waals surface area contributed by atoms with E-state index in [0.29, 0.717) is 14.3 Å². The smallest absolute Gasteiger partial charge is 0.340 e. The summed E-state index contributed by atoms with van der Waals surface area (Å²) in [7, 11) is -4.08. The number of aromatic carboxylic acids is 1. The van der Waals surface area contributed by atoms with E-state index >= 15 is 0 Å². The van der Waals surface area contributed by atoms with Crippen LogP contribution in [0.5, 0.6) is 0 Å². The zero-order chi connectivity index (χ0) is 14.9. The predicted octanol–water partition coefficient (Wildman–Crippen LogP) is 2.17. The van der Waals surface area contributed by atoms with Gasteiger partial charge in [0.15, 0.2) is 5.03 Å². The Bertz CT molecular complexity index is 775. The highest BCUT2D eigenvalue weighted by molar-refractivity contribution is 14.1. The van der Waals surface area contributed by atoms with E-state index in [0.717, 1.165) is 6.20 Å². The molecule has 0 radical (unpaired) electrons. The van der Waals surface area contributed by atoms with Crippen LogP contribution in [0, 0.1) is 3.57 Å². The molecule has 0 aliphatic carbocycles. The number of aromatic amines is 1. The Morgan fingerprint density at radius 1 is 1.45 bits per heavy atom. The molecule has 0 fully saturated rings. The molecule has 3 N–H and O–H groups in total. The molecule has 0 saturated heterocycles. The lowest BCUT2D eigenvalue weighted by Crippen LogP contribution is -2.17. The molecule has 7 nitrogen and oxygen atoms in total. The number of hydrogen-bond donors (Lipinski definition) is 3. The van der Waals surface area contributed by atoms with Gasteiger partial charge in [0.25, 0.3) is 10.0 Å². The van der Waals surface area contributed by atoms with Gasteiger partial charge in [-0.25, -0.2) is 4.79 Å². The largest absolute Gasteiger partial charge is 0.478 e. The fourth-order valence-corrected chi connectivity index (χ4v) is 3.76. The zero-order valence-corrected chi connectivity index (χ0v) is 13.3. The fourth-order valence-electron chi connectivity index (χ4n) is 1.40. The van der Waals surface area contributed by atoms with Crippen molar-refractivity contribution in [1.82, 2.24) is 10.2 Å². The van der Waals surface area contributed by atoms with E-state index in [9.17, 15) is 13.2 Å². The summed E-state index contributed by atoms with van der Waals surface area (Å²) in [6, 6.07) is 4.58. The number of carboxylic acid groups (broad SMARTS) is 1. The maximum Gasteiger partial charge on any atom is 0.340 e. The molecule has 1 heterocycles. The van der Waals surface area contributed by atoms with Crippen LogP contribution in [-0.4, -0.2) is 29.7 Å². The van der Waals surface area contributed by atoms with E-state index in [2.05, 4.69) is 14.9 Å². The SMILES string of the molecule is O=C(O)c1cn[nH]c1S(=O)(=O)Nc1ccc(Cl)cc1I. The standard InChI is InChI=1S/C10H7ClIN3O4S/c11-5-1-2-8(7(12)3-5)15-20(18,19)9-6(10(16)17)4-13-14-9/h1-4,15H,(H,13,14)(H,16,17). The van der Waals surface area contributed by atoms with Crippen LogP contribution in [0.3, 0.4) is 0 Å². The Morgan fingerprint density at radius 3 is 2.75 bits per heavy atom. The minimum atomic E-state index is -4.08. The van der Waals surface area contributed by atoms with Crippen LogP contribution in [0.25, 0.3) is 0 Å². The van der Waals surface area contributed by atoms with E-state index in [-0.39, 0.29) is 0 Å². The molecule has 2 rings (SSSR count). The van der Waals surface area contributed by atoms with Crippen molar-refractivity contribution in [2.24, 2.45) is 0 Å². The second-order valence-corrected chi connectivity index (χ2v) is 6.87. The number of carbonyl (C=O) groups is 1. The number of nitrogens with zero attached hydrogens (tertiary/aromatic N) is 1. The maximum atomic E-state index is 12.1. The first-order valence-electron chi connectivity index (χ1n) is 5.06. The van der Waals surface area contributed by atoms with Crippen molar-refractivity contribution in [1.29, 1.82) is 0 Å². The van der Waals surface area contributed by atoms with Gasteiger partial charge in [0.1, 0.15) is 5.56 Å². The first kappa shape index (κ1) is 15.1. The lowest BCUT2D eigenvalue weighted by Gasteiger charge is -2.09. The van der Waals surface area contributed by atoms with Crippen molar-refractivity contribution in [2.75, 3.05) is 4.72 Å². The maximum absolute atomic E-state index is 12.1. The van der Waals surface area contributed by atoms with Crippen LogP contribution in [-0.2, 0) is 10.0 Å². The highest BCUT2D eigenvalue weighted by Gasteiger charge is 2.25. The molecule has 0 unspecified atom stereocenters. The van der Waals surface area contributed by atoms with E-state index in [4.69, 9.17) is 16.7 Å². The van der Waals surface area contributed by atoms with Crippen molar-refractivity contribution in [3.63, 3.8) is 0 Å². The van der Waals surface area contributed by atoms with Crippen molar-refractivity contribution in [3.8, 4) is 0 Å². The van der Waals surface area contributed by atoms with Gasteiger partial charge in [-0.05, 0) is 40.8 Å². The molecule has 0 aliphatic heterocycles. The molecule has 0 amide bonds. The number of aromatic nitrogens is 2. The van der Waals surface area contributed by atoms with Gasteiger partial charge < -0.3 is 5.11 Å². The molecule has 0 spiro atoms. The van der Waals surface area contributed by atoms with Gasteiger partial charge in [0.2, 0.25) is 0 Å². The van der Waals surface area contributed by atoms with Crippen LogP contribution in [0.4, 0.5) is 5.69 Å². The molecule has 0 aliphatic rings. The monoisotopic (exact) mass is 427 g/mol. The summed E-state index contributed by atoms with van der Waals surface area (Å²) in [6.07, 6.45) is 0.934. The highest BCUT2D eigenvalue weighted by atomic mass is 127. The number of sulfonamides is 1. The highest BCUT2D eigenvalue weighted by Crippen LogP contribution is 2.25. The molecule has 0 atom stereocenters. The Morgan fingerprint density at radius 2 is 2.15 bits per heavy atom. The van der Waals surface area contributed by atoms with Crippen molar-refractivity contribution in [2.45, 2.75) is 5.03 Å². The summed E-state index contributed by atoms with van der Waals surface area (Å²) in [5, 5.41) is 14.5. The summed E-state index contributed by atoms with van der Waals surface area (Å²) >= 11 is 7.69. The number of rotatable bonds is 4. The van der Waals surface area contributed by atoms with Crippen LogP contribution in [0.2, 0.25) is 5.02 Å². The van der Waals surface area contributed by atoms with Gasteiger partial charge in [-0.1, -0.05) is 11.6 Å². The Hall–Kier alpha value is -1.33. The van der Waals surface area contributed by atoms with E-state index in [1.807, 2.05) is 22.6 Å². The number of halogens is 2. The van der Waals surface area contributed by atoms with Crippen molar-refractivity contribution < 1.29 is 18.3 Å². The average molecular weight is 428 g/mol. The number of nitrogens with one attached hydrogen (secondary N) is 2. The van der Waals surface area contributed by atoms with Crippen molar-refractivity contribution in [3.05, 3.63) is 38.6 Å². The minimum Gasteiger partial charge on any atom is -0.478 e. The van der Waals surface area contributed by atoms with E-state index in [1.165, 1.54) is 12.1 Å². The summed E-state index contributed by atoms with van der Waals surface area (Å²) < 4.78 is 27.1. The Labute approximate surface area is 132 Å². The number of carboxylic acids is 1. The molecule has 0 bridgehead atoms. The lowest BCUT2D eigenvalue weighted by atomic mass is 10.3. The van der Waals surface area contributed by atoms with Crippen LogP contribution < -0.4 is 4.72 Å². The number of H-pyrrole nitrogens is 1. The quantitative estimate of drug-likeness (QED) is 0.648. The Kier molecular flexibility index (Phi) is 4.20. The average Bonchev–Trinajstić information content (AvgIpc) is 2.82. The fraction of sp³-hybridized carbons (Fsp3) is 0.